The van der Waals surface area contributed by atoms with Gasteiger partial charge in [0.1, 0.15) is 0 Å². The van der Waals surface area contributed by atoms with Crippen LogP contribution in [0, 0.1) is 0 Å². The molecule has 152 valence electrons. The number of fused-ring (bicyclic) bond motifs is 1. The molecule has 1 aliphatic rings. The van der Waals surface area contributed by atoms with Gasteiger partial charge in [-0.1, -0.05) is 48.5 Å². The first-order valence-electron chi connectivity index (χ1n) is 10.4. The molecule has 6 N–H and O–H groups in total. The molecule has 3 atom stereocenters. The lowest BCUT2D eigenvalue weighted by Gasteiger charge is -2.30. The standard InChI is InChI=1S/C23H34N4O/c24-13-12-20(15-26-22(17-28)14-18-6-2-1-3-7-18)25-16-21-11-10-19-8-4-5-9-23(19)27-21/h1-9,20-22,25-28H,10-17,24H2/t20-,21?,22-/m0/s1. The second kappa shape index (κ2) is 11.2. The van der Waals surface area contributed by atoms with Crippen LogP contribution >= 0.6 is 0 Å². The fourth-order valence-electron chi connectivity index (χ4n) is 3.85. The number of nitrogens with two attached hydrogens (primary N) is 1. The molecule has 5 nitrogen and oxygen atoms in total. The van der Waals surface area contributed by atoms with E-state index in [9.17, 15) is 5.11 Å². The van der Waals surface area contributed by atoms with Gasteiger partial charge in [-0.25, -0.2) is 0 Å². The van der Waals surface area contributed by atoms with Crippen molar-refractivity contribution < 1.29 is 5.11 Å². The highest BCUT2D eigenvalue weighted by molar-refractivity contribution is 5.53. The lowest BCUT2D eigenvalue weighted by Crippen LogP contribution is -2.48. The Morgan fingerprint density at radius 3 is 2.61 bits per heavy atom. The number of aliphatic hydroxyl groups excluding tert-OH is 1. The first-order chi connectivity index (χ1) is 13.8. The average molecular weight is 383 g/mol. The zero-order valence-electron chi connectivity index (χ0n) is 16.6. The van der Waals surface area contributed by atoms with Gasteiger partial charge in [-0.05, 0) is 49.4 Å². The van der Waals surface area contributed by atoms with Gasteiger partial charge in [0, 0.05) is 36.9 Å². The maximum absolute atomic E-state index is 9.74. The Hall–Kier alpha value is -1.92. The Morgan fingerprint density at radius 1 is 1.04 bits per heavy atom. The number of aryl methyl sites for hydroxylation is 1. The number of hydrogen-bond donors (Lipinski definition) is 5. The highest BCUT2D eigenvalue weighted by Gasteiger charge is 2.19. The van der Waals surface area contributed by atoms with Crippen LogP contribution in [0.4, 0.5) is 5.69 Å². The van der Waals surface area contributed by atoms with Crippen LogP contribution in [0.1, 0.15) is 24.0 Å². The van der Waals surface area contributed by atoms with E-state index in [1.807, 2.05) is 18.2 Å². The molecule has 1 heterocycles. The Bertz CT molecular complexity index is 688. The normalized spacial score (nSPS) is 18.1. The zero-order valence-corrected chi connectivity index (χ0v) is 16.6. The van der Waals surface area contributed by atoms with Crippen molar-refractivity contribution >= 4 is 5.69 Å². The highest BCUT2D eigenvalue weighted by atomic mass is 16.3. The zero-order chi connectivity index (χ0) is 19.6. The molecule has 0 amide bonds. The molecular weight excluding hydrogens is 348 g/mol. The fourth-order valence-corrected chi connectivity index (χ4v) is 3.85. The van der Waals surface area contributed by atoms with Crippen molar-refractivity contribution in [2.45, 2.75) is 43.8 Å². The summed E-state index contributed by atoms with van der Waals surface area (Å²) in [7, 11) is 0. The van der Waals surface area contributed by atoms with Crippen molar-refractivity contribution in [3.8, 4) is 0 Å². The summed E-state index contributed by atoms with van der Waals surface area (Å²) in [4.78, 5) is 0. The molecule has 3 rings (SSSR count). The van der Waals surface area contributed by atoms with Crippen molar-refractivity contribution in [3.63, 3.8) is 0 Å². The SMILES string of the molecule is NCC[C@@H](CN[C@H](CO)Cc1ccccc1)NCC1CCc2ccccc2N1. The van der Waals surface area contributed by atoms with E-state index in [1.165, 1.54) is 16.8 Å². The van der Waals surface area contributed by atoms with Crippen molar-refractivity contribution in [3.05, 3.63) is 65.7 Å². The number of rotatable bonds is 11. The third-order valence-electron chi connectivity index (χ3n) is 5.51. The Labute approximate surface area is 168 Å². The number of anilines is 1. The van der Waals surface area contributed by atoms with Gasteiger partial charge < -0.3 is 26.8 Å². The number of para-hydroxylation sites is 1. The minimum atomic E-state index is 0.0594. The lowest BCUT2D eigenvalue weighted by molar-refractivity contribution is 0.236. The van der Waals surface area contributed by atoms with Gasteiger partial charge >= 0.3 is 0 Å². The van der Waals surface area contributed by atoms with Crippen molar-refractivity contribution in [1.29, 1.82) is 0 Å². The highest BCUT2D eigenvalue weighted by Crippen LogP contribution is 2.23. The number of benzene rings is 2. The molecule has 0 aliphatic carbocycles. The van der Waals surface area contributed by atoms with E-state index >= 15 is 0 Å². The van der Waals surface area contributed by atoms with Crippen molar-refractivity contribution in [2.24, 2.45) is 5.73 Å². The summed E-state index contributed by atoms with van der Waals surface area (Å²) in [5.41, 5.74) is 9.74. The van der Waals surface area contributed by atoms with E-state index in [2.05, 4.69) is 52.3 Å². The summed E-state index contributed by atoms with van der Waals surface area (Å²) in [6.07, 6.45) is 4.01. The van der Waals surface area contributed by atoms with Gasteiger partial charge in [0.15, 0.2) is 0 Å². The van der Waals surface area contributed by atoms with Crippen LogP contribution in [-0.4, -0.2) is 49.5 Å². The van der Waals surface area contributed by atoms with E-state index in [0.29, 0.717) is 18.6 Å². The van der Waals surface area contributed by atoms with Gasteiger partial charge in [-0.2, -0.15) is 0 Å². The average Bonchev–Trinajstić information content (AvgIpc) is 2.75. The van der Waals surface area contributed by atoms with Gasteiger partial charge in [-0.15, -0.1) is 0 Å². The Balaban J connectivity index is 1.45. The first-order valence-corrected chi connectivity index (χ1v) is 10.4. The van der Waals surface area contributed by atoms with Crippen LogP contribution in [0.25, 0.3) is 0 Å². The molecule has 1 aliphatic heterocycles. The molecule has 1 unspecified atom stereocenters. The van der Waals surface area contributed by atoms with Gasteiger partial charge in [-0.3, -0.25) is 0 Å². The van der Waals surface area contributed by atoms with Crippen LogP contribution in [0.5, 0.6) is 0 Å². The molecule has 5 heteroatoms. The lowest BCUT2D eigenvalue weighted by atomic mass is 9.98. The number of hydrogen-bond acceptors (Lipinski definition) is 5. The molecule has 0 bridgehead atoms. The van der Waals surface area contributed by atoms with Crippen LogP contribution in [0.15, 0.2) is 54.6 Å². The van der Waals surface area contributed by atoms with Crippen LogP contribution in [-0.2, 0) is 12.8 Å². The fraction of sp³-hybridized carbons (Fsp3) is 0.478. The molecule has 0 saturated heterocycles. The van der Waals surface area contributed by atoms with E-state index in [1.54, 1.807) is 0 Å². The molecule has 2 aromatic carbocycles. The van der Waals surface area contributed by atoms with Gasteiger partial charge in [0.2, 0.25) is 0 Å². The van der Waals surface area contributed by atoms with Crippen LogP contribution in [0.2, 0.25) is 0 Å². The Kier molecular flexibility index (Phi) is 8.30. The van der Waals surface area contributed by atoms with Crippen molar-refractivity contribution in [1.82, 2.24) is 10.6 Å². The molecular formula is C23H34N4O. The predicted octanol–water partition coefficient (Wildman–Crippen LogP) is 1.91. The summed E-state index contributed by atoms with van der Waals surface area (Å²) in [5, 5.41) is 20.6. The largest absolute Gasteiger partial charge is 0.395 e. The maximum atomic E-state index is 9.74. The minimum Gasteiger partial charge on any atom is -0.395 e. The van der Waals surface area contributed by atoms with E-state index in [0.717, 1.165) is 38.8 Å². The molecule has 0 radical (unpaired) electrons. The maximum Gasteiger partial charge on any atom is 0.0587 e. The summed E-state index contributed by atoms with van der Waals surface area (Å²) in [5.74, 6) is 0. The molecule has 0 fully saturated rings. The topological polar surface area (TPSA) is 82.3 Å². The summed E-state index contributed by atoms with van der Waals surface area (Å²) >= 11 is 0. The quantitative estimate of drug-likeness (QED) is 0.410. The summed E-state index contributed by atoms with van der Waals surface area (Å²) in [6, 6.07) is 19.7. The smallest absolute Gasteiger partial charge is 0.0587 e. The first kappa shape index (κ1) is 20.8. The molecule has 0 aromatic heterocycles. The molecule has 0 spiro atoms. The molecule has 2 aromatic rings. The van der Waals surface area contributed by atoms with Crippen LogP contribution < -0.4 is 21.7 Å². The van der Waals surface area contributed by atoms with Gasteiger partial charge in [0.25, 0.3) is 0 Å². The summed E-state index contributed by atoms with van der Waals surface area (Å²) < 4.78 is 0. The van der Waals surface area contributed by atoms with E-state index in [-0.39, 0.29) is 12.6 Å². The predicted molar refractivity (Wildman–Crippen MR) is 117 cm³/mol. The van der Waals surface area contributed by atoms with Crippen LogP contribution in [0.3, 0.4) is 0 Å². The van der Waals surface area contributed by atoms with Gasteiger partial charge in [0.05, 0.1) is 6.61 Å². The minimum absolute atomic E-state index is 0.0594. The number of aliphatic hydroxyl groups is 1. The monoisotopic (exact) mass is 382 g/mol. The number of nitrogens with one attached hydrogen (secondary N) is 3. The second-order valence-corrected chi connectivity index (χ2v) is 7.70. The second-order valence-electron chi connectivity index (χ2n) is 7.70. The summed E-state index contributed by atoms with van der Waals surface area (Å²) in [6.45, 7) is 2.51. The third kappa shape index (κ3) is 6.31. The van der Waals surface area contributed by atoms with E-state index < -0.39 is 0 Å². The molecule has 0 saturated carbocycles. The Morgan fingerprint density at radius 2 is 1.82 bits per heavy atom. The van der Waals surface area contributed by atoms with Crippen molar-refractivity contribution in [2.75, 3.05) is 31.6 Å². The van der Waals surface area contributed by atoms with E-state index in [4.69, 9.17) is 5.73 Å². The molecule has 28 heavy (non-hydrogen) atoms. The third-order valence-corrected chi connectivity index (χ3v) is 5.51.